The van der Waals surface area contributed by atoms with Gasteiger partial charge >= 0.3 is 12.0 Å². The van der Waals surface area contributed by atoms with Crippen LogP contribution in [-0.2, 0) is 4.79 Å². The molecule has 1 unspecified atom stereocenters. The van der Waals surface area contributed by atoms with Gasteiger partial charge in [0.2, 0.25) is 0 Å². The minimum atomic E-state index is -0.805. The largest absolute Gasteiger partial charge is 0.481 e. The number of hydrogen-bond donors (Lipinski definition) is 2. The van der Waals surface area contributed by atoms with E-state index in [0.717, 1.165) is 12.8 Å². The Hall–Kier alpha value is -1.26. The van der Waals surface area contributed by atoms with Crippen LogP contribution in [0.2, 0.25) is 0 Å². The van der Waals surface area contributed by atoms with Crippen LogP contribution in [0.4, 0.5) is 4.79 Å². The maximum atomic E-state index is 11.8. The summed E-state index contributed by atoms with van der Waals surface area (Å²) >= 11 is 0. The molecular weight excluding hydrogens is 220 g/mol. The van der Waals surface area contributed by atoms with Crippen molar-refractivity contribution in [1.29, 1.82) is 0 Å². The Morgan fingerprint density at radius 2 is 2.06 bits per heavy atom. The number of aliphatic carboxylic acids is 1. The van der Waals surface area contributed by atoms with Crippen molar-refractivity contribution in [3.63, 3.8) is 0 Å². The molecule has 0 bridgehead atoms. The molecule has 5 nitrogen and oxygen atoms in total. The molecule has 98 valence electrons. The van der Waals surface area contributed by atoms with Crippen molar-refractivity contribution in [3.8, 4) is 0 Å². The summed E-state index contributed by atoms with van der Waals surface area (Å²) in [5, 5.41) is 11.7. The number of nitrogens with zero attached hydrogens (tertiary/aromatic N) is 1. The molecule has 1 heterocycles. The van der Waals surface area contributed by atoms with Crippen molar-refractivity contribution in [2.45, 2.75) is 33.1 Å². The fraction of sp³-hybridized carbons (Fsp3) is 0.833. The van der Waals surface area contributed by atoms with E-state index in [9.17, 15) is 9.59 Å². The van der Waals surface area contributed by atoms with Crippen LogP contribution < -0.4 is 5.32 Å². The van der Waals surface area contributed by atoms with Gasteiger partial charge in [-0.1, -0.05) is 26.7 Å². The van der Waals surface area contributed by atoms with Gasteiger partial charge in [0.15, 0.2) is 0 Å². The zero-order valence-electron chi connectivity index (χ0n) is 10.6. The van der Waals surface area contributed by atoms with Gasteiger partial charge < -0.3 is 15.3 Å². The lowest BCUT2D eigenvalue weighted by molar-refractivity contribution is -0.141. The normalized spacial score (nSPS) is 19.7. The molecule has 2 amide bonds. The number of carbonyl (C=O) groups excluding carboxylic acids is 1. The average molecular weight is 242 g/mol. The van der Waals surface area contributed by atoms with Crippen LogP contribution in [0.1, 0.15) is 33.1 Å². The van der Waals surface area contributed by atoms with E-state index in [1.165, 1.54) is 0 Å². The Labute approximate surface area is 102 Å². The average Bonchev–Trinajstić information content (AvgIpc) is 2.79. The van der Waals surface area contributed by atoms with Crippen molar-refractivity contribution in [3.05, 3.63) is 0 Å². The maximum Gasteiger partial charge on any atom is 0.317 e. The summed E-state index contributed by atoms with van der Waals surface area (Å²) in [6.45, 7) is 5.78. The van der Waals surface area contributed by atoms with Gasteiger partial charge in [-0.2, -0.15) is 0 Å². The van der Waals surface area contributed by atoms with Gasteiger partial charge in [-0.25, -0.2) is 4.79 Å². The number of nitrogens with one attached hydrogen (secondary N) is 1. The fourth-order valence-electron chi connectivity index (χ4n) is 2.07. The number of hydrogen-bond acceptors (Lipinski definition) is 2. The number of likely N-dealkylation sites (tertiary alicyclic amines) is 1. The molecule has 0 aliphatic carbocycles. The first-order chi connectivity index (χ1) is 8.08. The predicted octanol–water partition coefficient (Wildman–Crippen LogP) is 1.54. The van der Waals surface area contributed by atoms with Crippen LogP contribution in [0, 0.1) is 11.8 Å². The molecule has 17 heavy (non-hydrogen) atoms. The third-order valence-corrected chi connectivity index (χ3v) is 3.52. The molecule has 2 N–H and O–H groups in total. The summed E-state index contributed by atoms with van der Waals surface area (Å²) in [5.41, 5.74) is 0. The topological polar surface area (TPSA) is 69.6 Å². The Balaban J connectivity index is 2.32. The molecule has 5 heteroatoms. The van der Waals surface area contributed by atoms with Crippen molar-refractivity contribution >= 4 is 12.0 Å². The van der Waals surface area contributed by atoms with Crippen molar-refractivity contribution in [1.82, 2.24) is 10.2 Å². The van der Waals surface area contributed by atoms with E-state index in [0.29, 0.717) is 32.0 Å². The lowest BCUT2D eigenvalue weighted by Gasteiger charge is -2.19. The second-order valence-corrected chi connectivity index (χ2v) is 4.64. The van der Waals surface area contributed by atoms with Crippen LogP contribution >= 0.6 is 0 Å². The van der Waals surface area contributed by atoms with Crippen molar-refractivity contribution in [2.24, 2.45) is 11.8 Å². The first kappa shape index (κ1) is 13.8. The first-order valence-electron chi connectivity index (χ1n) is 6.34. The Kier molecular flexibility index (Phi) is 5.25. The van der Waals surface area contributed by atoms with Gasteiger partial charge in [-0.05, 0) is 12.3 Å². The van der Waals surface area contributed by atoms with Gasteiger partial charge in [0.25, 0.3) is 0 Å². The molecule has 1 rings (SSSR count). The van der Waals surface area contributed by atoms with E-state index in [-0.39, 0.29) is 6.03 Å². The second-order valence-electron chi connectivity index (χ2n) is 4.64. The van der Waals surface area contributed by atoms with E-state index in [1.54, 1.807) is 4.90 Å². The minimum Gasteiger partial charge on any atom is -0.481 e. The fourth-order valence-corrected chi connectivity index (χ4v) is 2.07. The summed E-state index contributed by atoms with van der Waals surface area (Å²) < 4.78 is 0. The van der Waals surface area contributed by atoms with E-state index >= 15 is 0 Å². The first-order valence-corrected chi connectivity index (χ1v) is 6.34. The molecule has 0 radical (unpaired) electrons. The van der Waals surface area contributed by atoms with Crippen LogP contribution in [0.25, 0.3) is 0 Å². The molecule has 1 fully saturated rings. The Bertz CT molecular complexity index is 277. The maximum absolute atomic E-state index is 11.8. The number of rotatable bonds is 5. The molecule has 1 aliphatic rings. The minimum absolute atomic E-state index is 0.124. The summed E-state index contributed by atoms with van der Waals surface area (Å²) in [6, 6.07) is -0.124. The van der Waals surface area contributed by atoms with Gasteiger partial charge in [-0.3, -0.25) is 4.79 Å². The van der Waals surface area contributed by atoms with Gasteiger partial charge in [0, 0.05) is 19.6 Å². The highest BCUT2D eigenvalue weighted by Crippen LogP contribution is 2.16. The molecule has 1 saturated heterocycles. The van der Waals surface area contributed by atoms with Crippen molar-refractivity contribution < 1.29 is 14.7 Å². The molecule has 0 spiro atoms. The molecule has 0 saturated carbocycles. The number of carboxylic acids is 1. The highest BCUT2D eigenvalue weighted by Gasteiger charge is 2.30. The van der Waals surface area contributed by atoms with E-state index in [2.05, 4.69) is 19.2 Å². The zero-order valence-corrected chi connectivity index (χ0v) is 10.6. The molecular formula is C12H22N2O3. The van der Waals surface area contributed by atoms with Gasteiger partial charge in [-0.15, -0.1) is 0 Å². The third-order valence-electron chi connectivity index (χ3n) is 3.52. The van der Waals surface area contributed by atoms with E-state index < -0.39 is 11.9 Å². The van der Waals surface area contributed by atoms with Crippen LogP contribution in [0.5, 0.6) is 0 Å². The molecule has 0 aromatic heterocycles. The summed E-state index contributed by atoms with van der Waals surface area (Å²) in [4.78, 5) is 24.1. The molecule has 0 aromatic carbocycles. The Morgan fingerprint density at radius 1 is 1.41 bits per heavy atom. The molecule has 0 aromatic rings. The highest BCUT2D eigenvalue weighted by atomic mass is 16.4. The zero-order chi connectivity index (χ0) is 12.8. The second kappa shape index (κ2) is 6.47. The summed E-state index contributed by atoms with van der Waals surface area (Å²) in [5.74, 6) is -0.689. The number of carboxylic acid groups (broad SMARTS) is 1. The van der Waals surface area contributed by atoms with Crippen LogP contribution in [-0.4, -0.2) is 41.6 Å². The number of urea groups is 1. The van der Waals surface area contributed by atoms with Gasteiger partial charge in [0.05, 0.1) is 5.92 Å². The monoisotopic (exact) mass is 242 g/mol. The van der Waals surface area contributed by atoms with E-state index in [4.69, 9.17) is 5.11 Å². The van der Waals surface area contributed by atoms with Crippen LogP contribution in [0.15, 0.2) is 0 Å². The standard InChI is InChI=1S/C12H22N2O3/c1-3-9(4-2)7-13-12(17)14-6-5-10(8-14)11(15)16/h9-10H,3-8H2,1-2H3,(H,13,17)(H,15,16). The lowest BCUT2D eigenvalue weighted by Crippen LogP contribution is -2.40. The quantitative estimate of drug-likeness (QED) is 0.768. The lowest BCUT2D eigenvalue weighted by atomic mass is 10.0. The number of amides is 2. The highest BCUT2D eigenvalue weighted by molar-refractivity contribution is 5.77. The molecule has 1 aliphatic heterocycles. The molecule has 1 atom stereocenters. The van der Waals surface area contributed by atoms with Crippen LogP contribution in [0.3, 0.4) is 0 Å². The summed E-state index contributed by atoms with van der Waals surface area (Å²) in [6.07, 6.45) is 2.66. The third kappa shape index (κ3) is 3.91. The predicted molar refractivity (Wildman–Crippen MR) is 64.8 cm³/mol. The van der Waals surface area contributed by atoms with E-state index in [1.807, 2.05) is 0 Å². The smallest absolute Gasteiger partial charge is 0.317 e. The SMILES string of the molecule is CCC(CC)CNC(=O)N1CCC(C(=O)O)C1. The summed E-state index contributed by atoms with van der Waals surface area (Å²) in [7, 11) is 0. The number of carbonyl (C=O) groups is 2. The van der Waals surface area contributed by atoms with Gasteiger partial charge in [0.1, 0.15) is 0 Å². The Morgan fingerprint density at radius 3 is 2.53 bits per heavy atom. The van der Waals surface area contributed by atoms with Crippen molar-refractivity contribution in [2.75, 3.05) is 19.6 Å².